The zero-order chi connectivity index (χ0) is 32.2. The first-order chi connectivity index (χ1) is 21.6. The van der Waals surface area contributed by atoms with E-state index in [0.717, 1.165) is 38.5 Å². The summed E-state index contributed by atoms with van der Waals surface area (Å²) in [5, 5.41) is 9.53. The van der Waals surface area contributed by atoms with Gasteiger partial charge in [-0.05, 0) is 38.5 Å². The minimum Gasteiger partial charge on any atom is -0.462 e. The monoisotopic (exact) mass is 623 g/mol. The number of carbonyl (C=O) groups is 2. The molecule has 0 spiro atoms. The maximum Gasteiger partial charge on any atom is 0.306 e. The zero-order valence-corrected chi connectivity index (χ0v) is 29.4. The maximum atomic E-state index is 12.1. The normalized spacial score (nSPS) is 12.2. The van der Waals surface area contributed by atoms with Gasteiger partial charge in [0, 0.05) is 12.8 Å². The van der Waals surface area contributed by atoms with Gasteiger partial charge in [-0.1, -0.05) is 167 Å². The molecule has 0 rings (SSSR count). The van der Waals surface area contributed by atoms with Crippen molar-refractivity contribution in [2.24, 2.45) is 0 Å². The highest BCUT2D eigenvalue weighted by Gasteiger charge is 2.16. The number of unbranched alkanes of at least 4 members (excludes halogenated alkanes) is 25. The molecule has 1 unspecified atom stereocenters. The summed E-state index contributed by atoms with van der Waals surface area (Å²) in [6, 6.07) is 0. The summed E-state index contributed by atoms with van der Waals surface area (Å²) in [5.41, 5.74) is 0. The van der Waals surface area contributed by atoms with E-state index >= 15 is 0 Å². The Hall–Kier alpha value is -1.36. The molecule has 5 nitrogen and oxygen atoms in total. The molecule has 1 N–H and O–H groups in total. The van der Waals surface area contributed by atoms with Gasteiger partial charge in [0.05, 0.1) is 6.61 Å². The fourth-order valence-electron chi connectivity index (χ4n) is 5.61. The SMILES string of the molecule is CCCCCCCC/C=C\CCCCCCCCCC(=O)OC(CO)COC(=O)CCCCCCCCCCCCCCC. The Morgan fingerprint density at radius 2 is 0.841 bits per heavy atom. The number of carbonyl (C=O) groups excluding carboxylic acids is 2. The fourth-order valence-corrected chi connectivity index (χ4v) is 5.61. The highest BCUT2D eigenvalue weighted by atomic mass is 16.6. The molecule has 260 valence electrons. The summed E-state index contributed by atoms with van der Waals surface area (Å²) in [6.07, 6.45) is 39.8. The Morgan fingerprint density at radius 1 is 0.500 bits per heavy atom. The van der Waals surface area contributed by atoms with E-state index in [0.29, 0.717) is 12.8 Å². The number of aliphatic hydroxyl groups excluding tert-OH is 1. The molecule has 44 heavy (non-hydrogen) atoms. The molecular formula is C39H74O5. The van der Waals surface area contributed by atoms with Crippen LogP contribution in [-0.2, 0) is 19.1 Å². The van der Waals surface area contributed by atoms with Crippen LogP contribution in [0.4, 0.5) is 0 Å². The van der Waals surface area contributed by atoms with E-state index in [2.05, 4.69) is 26.0 Å². The molecule has 0 aromatic heterocycles. The molecule has 0 aliphatic carbocycles. The smallest absolute Gasteiger partial charge is 0.306 e. The largest absolute Gasteiger partial charge is 0.462 e. The highest BCUT2D eigenvalue weighted by molar-refractivity contribution is 5.70. The predicted molar refractivity (Wildman–Crippen MR) is 187 cm³/mol. The van der Waals surface area contributed by atoms with E-state index < -0.39 is 6.10 Å². The fraction of sp³-hybridized carbons (Fsp3) is 0.897. The number of ether oxygens (including phenoxy) is 2. The minimum atomic E-state index is -0.766. The van der Waals surface area contributed by atoms with Crippen LogP contribution in [0, 0.1) is 0 Å². The van der Waals surface area contributed by atoms with Crippen LogP contribution < -0.4 is 0 Å². The zero-order valence-electron chi connectivity index (χ0n) is 29.4. The van der Waals surface area contributed by atoms with Crippen LogP contribution in [0.25, 0.3) is 0 Å². The van der Waals surface area contributed by atoms with Gasteiger partial charge in [0.2, 0.25) is 0 Å². The number of esters is 2. The van der Waals surface area contributed by atoms with Crippen molar-refractivity contribution in [1.29, 1.82) is 0 Å². The first-order valence-corrected chi connectivity index (χ1v) is 19.2. The summed E-state index contributed by atoms with van der Waals surface area (Å²) in [4.78, 5) is 24.2. The second kappa shape index (κ2) is 36.1. The van der Waals surface area contributed by atoms with Crippen LogP contribution in [0.1, 0.15) is 206 Å². The van der Waals surface area contributed by atoms with Crippen LogP contribution in [-0.4, -0.2) is 36.4 Å². The van der Waals surface area contributed by atoms with E-state index in [-0.39, 0.29) is 25.2 Å². The molecular weight excluding hydrogens is 548 g/mol. The Bertz CT molecular complexity index is 632. The number of aliphatic hydroxyl groups is 1. The van der Waals surface area contributed by atoms with E-state index in [4.69, 9.17) is 9.47 Å². The van der Waals surface area contributed by atoms with Gasteiger partial charge in [0.25, 0.3) is 0 Å². The molecule has 1 atom stereocenters. The summed E-state index contributed by atoms with van der Waals surface area (Å²) < 4.78 is 10.6. The lowest BCUT2D eigenvalue weighted by atomic mass is 10.0. The van der Waals surface area contributed by atoms with Gasteiger partial charge >= 0.3 is 11.9 Å². The van der Waals surface area contributed by atoms with Gasteiger partial charge in [-0.15, -0.1) is 0 Å². The van der Waals surface area contributed by atoms with E-state index in [1.54, 1.807) is 0 Å². The lowest BCUT2D eigenvalue weighted by Crippen LogP contribution is -2.28. The maximum absolute atomic E-state index is 12.1. The van der Waals surface area contributed by atoms with Crippen LogP contribution in [0.15, 0.2) is 12.2 Å². The first kappa shape index (κ1) is 42.6. The quantitative estimate of drug-likeness (QED) is 0.0432. The van der Waals surface area contributed by atoms with Gasteiger partial charge in [-0.3, -0.25) is 9.59 Å². The number of hydrogen-bond acceptors (Lipinski definition) is 5. The Labute approximate surface area is 273 Å². The van der Waals surface area contributed by atoms with Crippen LogP contribution in [0.2, 0.25) is 0 Å². The van der Waals surface area contributed by atoms with Crippen molar-refractivity contribution < 1.29 is 24.2 Å². The second-order valence-electron chi connectivity index (χ2n) is 13.0. The molecule has 0 bridgehead atoms. The topological polar surface area (TPSA) is 72.8 Å². The average Bonchev–Trinajstić information content (AvgIpc) is 3.02. The van der Waals surface area contributed by atoms with Gasteiger partial charge in [0.1, 0.15) is 6.61 Å². The summed E-state index contributed by atoms with van der Waals surface area (Å²) in [7, 11) is 0. The van der Waals surface area contributed by atoms with Crippen molar-refractivity contribution in [2.45, 2.75) is 213 Å². The van der Waals surface area contributed by atoms with Crippen molar-refractivity contribution in [3.8, 4) is 0 Å². The lowest BCUT2D eigenvalue weighted by molar-refractivity contribution is -0.161. The van der Waals surface area contributed by atoms with E-state index in [9.17, 15) is 14.7 Å². The molecule has 0 aliphatic heterocycles. The number of hydrogen-bond donors (Lipinski definition) is 1. The lowest BCUT2D eigenvalue weighted by Gasteiger charge is -2.15. The molecule has 0 aliphatic rings. The van der Waals surface area contributed by atoms with Gasteiger partial charge in [-0.25, -0.2) is 0 Å². The Kier molecular flexibility index (Phi) is 35.0. The van der Waals surface area contributed by atoms with Crippen molar-refractivity contribution in [2.75, 3.05) is 13.2 Å². The van der Waals surface area contributed by atoms with Crippen molar-refractivity contribution >= 4 is 11.9 Å². The molecule has 0 amide bonds. The molecule has 0 aromatic carbocycles. The molecule has 0 saturated carbocycles. The number of allylic oxidation sites excluding steroid dienone is 2. The van der Waals surface area contributed by atoms with E-state index in [1.165, 1.54) is 141 Å². The Balaban J connectivity index is 3.53. The molecule has 0 fully saturated rings. The van der Waals surface area contributed by atoms with Crippen molar-refractivity contribution in [3.05, 3.63) is 12.2 Å². The van der Waals surface area contributed by atoms with Gasteiger partial charge in [0.15, 0.2) is 6.10 Å². The van der Waals surface area contributed by atoms with Crippen LogP contribution >= 0.6 is 0 Å². The second-order valence-corrected chi connectivity index (χ2v) is 13.0. The summed E-state index contributed by atoms with van der Waals surface area (Å²) in [5.74, 6) is -0.587. The molecule has 0 radical (unpaired) electrons. The first-order valence-electron chi connectivity index (χ1n) is 19.2. The minimum absolute atomic E-state index is 0.0618. The van der Waals surface area contributed by atoms with Crippen LogP contribution in [0.3, 0.4) is 0 Å². The van der Waals surface area contributed by atoms with Crippen LogP contribution in [0.5, 0.6) is 0 Å². The third-order valence-corrected chi connectivity index (χ3v) is 8.56. The summed E-state index contributed by atoms with van der Waals surface area (Å²) in [6.45, 7) is 4.14. The molecule has 0 aromatic rings. The number of rotatable bonds is 35. The van der Waals surface area contributed by atoms with E-state index in [1.807, 2.05) is 0 Å². The molecule has 0 heterocycles. The van der Waals surface area contributed by atoms with Gasteiger partial charge < -0.3 is 14.6 Å². The van der Waals surface area contributed by atoms with Crippen molar-refractivity contribution in [3.63, 3.8) is 0 Å². The van der Waals surface area contributed by atoms with Crippen molar-refractivity contribution in [1.82, 2.24) is 0 Å². The average molecular weight is 623 g/mol. The predicted octanol–water partition coefficient (Wildman–Crippen LogP) is 11.7. The third-order valence-electron chi connectivity index (χ3n) is 8.56. The third kappa shape index (κ3) is 33.5. The van der Waals surface area contributed by atoms with Gasteiger partial charge in [-0.2, -0.15) is 0 Å². The molecule has 0 saturated heterocycles. The standard InChI is InChI=1S/C39H74O5/c1-3-5-7-9-11-13-15-17-18-19-20-22-24-26-28-30-32-34-39(42)44-37(35-40)36-43-38(41)33-31-29-27-25-23-21-16-14-12-10-8-6-4-2/h17-18,37,40H,3-16,19-36H2,1-2H3/b18-17-. The molecule has 5 heteroatoms. The summed E-state index contributed by atoms with van der Waals surface area (Å²) >= 11 is 0. The highest BCUT2D eigenvalue weighted by Crippen LogP contribution is 2.14. The Morgan fingerprint density at radius 3 is 1.23 bits per heavy atom.